The van der Waals surface area contributed by atoms with Crippen molar-refractivity contribution in [1.29, 1.82) is 0 Å². The Labute approximate surface area is 118 Å². The van der Waals surface area contributed by atoms with Crippen molar-refractivity contribution in [1.82, 2.24) is 5.32 Å². The van der Waals surface area contributed by atoms with Gasteiger partial charge in [-0.3, -0.25) is 0 Å². The molecule has 1 fully saturated rings. The van der Waals surface area contributed by atoms with Crippen LogP contribution in [0.4, 0.5) is 0 Å². The lowest BCUT2D eigenvalue weighted by atomic mass is 9.94. The first kappa shape index (κ1) is 14.3. The van der Waals surface area contributed by atoms with E-state index in [9.17, 15) is 5.11 Å². The van der Waals surface area contributed by atoms with Crippen LogP contribution >= 0.6 is 22.9 Å². The molecule has 0 amide bonds. The summed E-state index contributed by atoms with van der Waals surface area (Å²) in [6.45, 7) is 2.81. The molecule has 18 heavy (non-hydrogen) atoms. The predicted molar refractivity (Wildman–Crippen MR) is 78.4 cm³/mol. The lowest BCUT2D eigenvalue weighted by Gasteiger charge is -2.28. The van der Waals surface area contributed by atoms with E-state index < -0.39 is 5.60 Å². The molecule has 102 valence electrons. The van der Waals surface area contributed by atoms with Crippen molar-refractivity contribution in [3.05, 3.63) is 21.3 Å². The van der Waals surface area contributed by atoms with Crippen molar-refractivity contribution >= 4 is 22.9 Å². The van der Waals surface area contributed by atoms with Gasteiger partial charge in [0.15, 0.2) is 0 Å². The minimum atomic E-state index is -0.508. The highest BCUT2D eigenvalue weighted by atomic mass is 35.5. The lowest BCUT2D eigenvalue weighted by molar-refractivity contribution is 0.0232. The zero-order chi connectivity index (χ0) is 13.0. The number of halogens is 1. The number of hydrogen-bond acceptors (Lipinski definition) is 3. The van der Waals surface area contributed by atoms with E-state index in [1.165, 1.54) is 17.7 Å². The maximum absolute atomic E-state index is 10.6. The number of aliphatic hydroxyl groups is 1. The van der Waals surface area contributed by atoms with Crippen LogP contribution in [0.1, 0.15) is 56.4 Å². The van der Waals surface area contributed by atoms with Crippen molar-refractivity contribution in [2.75, 3.05) is 6.54 Å². The number of hydrogen-bond donors (Lipinski definition) is 2. The van der Waals surface area contributed by atoms with Gasteiger partial charge in [0, 0.05) is 17.5 Å². The summed E-state index contributed by atoms with van der Waals surface area (Å²) in [7, 11) is 0. The molecule has 1 aromatic heterocycles. The summed E-state index contributed by atoms with van der Waals surface area (Å²) in [5, 5.41) is 14.0. The SMILES string of the molecule is CC(NCC1(O)CCCCCC1)c1ccc(Cl)s1. The second kappa shape index (κ2) is 6.38. The molecule has 0 radical (unpaired) electrons. The van der Waals surface area contributed by atoms with Crippen LogP contribution in [0.2, 0.25) is 4.34 Å². The molecule has 2 N–H and O–H groups in total. The predicted octanol–water partition coefficient (Wildman–Crippen LogP) is 4.14. The van der Waals surface area contributed by atoms with E-state index in [0.29, 0.717) is 6.54 Å². The minimum absolute atomic E-state index is 0.259. The van der Waals surface area contributed by atoms with Crippen LogP contribution in [-0.2, 0) is 0 Å². The molecule has 1 unspecified atom stereocenters. The molecular weight excluding hydrogens is 266 g/mol. The Morgan fingerprint density at radius 2 is 2.00 bits per heavy atom. The van der Waals surface area contributed by atoms with Crippen LogP contribution in [0.25, 0.3) is 0 Å². The average Bonchev–Trinajstić information content (AvgIpc) is 2.66. The standard InChI is InChI=1S/C14H22ClNOS/c1-11(12-6-7-13(15)18-12)16-10-14(17)8-4-2-3-5-9-14/h6-7,11,16-17H,2-5,8-10H2,1H3. The van der Waals surface area contributed by atoms with Gasteiger partial charge in [0.25, 0.3) is 0 Å². The molecule has 1 heterocycles. The summed E-state index contributed by atoms with van der Waals surface area (Å²) in [4.78, 5) is 1.23. The third-order valence-corrected chi connectivity index (χ3v) is 5.21. The molecule has 1 atom stereocenters. The number of rotatable bonds is 4. The molecule has 0 aromatic carbocycles. The summed E-state index contributed by atoms with van der Waals surface area (Å²) in [5.74, 6) is 0. The van der Waals surface area contributed by atoms with Crippen molar-refractivity contribution in [3.63, 3.8) is 0 Å². The first-order chi connectivity index (χ1) is 8.59. The van der Waals surface area contributed by atoms with E-state index in [-0.39, 0.29) is 6.04 Å². The second-order valence-corrected chi connectivity index (χ2v) is 7.13. The first-order valence-electron chi connectivity index (χ1n) is 6.80. The average molecular weight is 288 g/mol. The summed E-state index contributed by atoms with van der Waals surface area (Å²) in [6, 6.07) is 4.25. The molecule has 1 saturated carbocycles. The van der Waals surface area contributed by atoms with Crippen molar-refractivity contribution in [3.8, 4) is 0 Å². The van der Waals surface area contributed by atoms with Gasteiger partial charge in [0.1, 0.15) is 0 Å². The third kappa shape index (κ3) is 3.95. The Morgan fingerprint density at radius 1 is 1.33 bits per heavy atom. The van der Waals surface area contributed by atoms with E-state index in [1.807, 2.05) is 6.07 Å². The van der Waals surface area contributed by atoms with E-state index in [1.54, 1.807) is 11.3 Å². The third-order valence-electron chi connectivity index (χ3n) is 3.79. The molecule has 4 heteroatoms. The molecule has 0 saturated heterocycles. The summed E-state index contributed by atoms with van der Waals surface area (Å²) in [5.41, 5.74) is -0.508. The van der Waals surface area contributed by atoms with Crippen LogP contribution in [-0.4, -0.2) is 17.3 Å². The summed E-state index contributed by atoms with van der Waals surface area (Å²) < 4.78 is 0.826. The Balaban J connectivity index is 1.86. The van der Waals surface area contributed by atoms with Crippen LogP contribution in [0.5, 0.6) is 0 Å². The quantitative estimate of drug-likeness (QED) is 0.816. The van der Waals surface area contributed by atoms with Crippen LogP contribution in [0.15, 0.2) is 12.1 Å². The van der Waals surface area contributed by atoms with E-state index in [2.05, 4.69) is 18.3 Å². The van der Waals surface area contributed by atoms with Crippen molar-refractivity contribution < 1.29 is 5.11 Å². The summed E-state index contributed by atoms with van der Waals surface area (Å²) >= 11 is 7.55. The van der Waals surface area contributed by atoms with Gasteiger partial charge in [-0.2, -0.15) is 0 Å². The minimum Gasteiger partial charge on any atom is -0.389 e. The van der Waals surface area contributed by atoms with Crippen LogP contribution < -0.4 is 5.32 Å². The maximum atomic E-state index is 10.6. The fourth-order valence-electron chi connectivity index (χ4n) is 2.57. The van der Waals surface area contributed by atoms with Crippen molar-refractivity contribution in [2.24, 2.45) is 0 Å². The number of nitrogens with one attached hydrogen (secondary N) is 1. The van der Waals surface area contributed by atoms with E-state index in [0.717, 1.165) is 30.0 Å². The molecular formula is C14H22ClNOS. The van der Waals surface area contributed by atoms with Crippen LogP contribution in [0.3, 0.4) is 0 Å². The monoisotopic (exact) mass is 287 g/mol. The van der Waals surface area contributed by atoms with Gasteiger partial charge in [-0.25, -0.2) is 0 Å². The normalized spacial score (nSPS) is 21.5. The topological polar surface area (TPSA) is 32.3 Å². The van der Waals surface area contributed by atoms with Gasteiger partial charge in [-0.1, -0.05) is 37.3 Å². The maximum Gasteiger partial charge on any atom is 0.0931 e. The lowest BCUT2D eigenvalue weighted by Crippen LogP contribution is -2.40. The molecule has 1 aliphatic rings. The first-order valence-corrected chi connectivity index (χ1v) is 7.99. The highest BCUT2D eigenvalue weighted by Crippen LogP contribution is 2.29. The molecule has 0 bridgehead atoms. The summed E-state index contributed by atoms with van der Waals surface area (Å²) in [6.07, 6.45) is 6.68. The largest absolute Gasteiger partial charge is 0.389 e. The van der Waals surface area contributed by atoms with Gasteiger partial charge in [-0.15, -0.1) is 11.3 Å². The Kier molecular flexibility index (Phi) is 5.07. The van der Waals surface area contributed by atoms with Gasteiger partial charge in [0.2, 0.25) is 0 Å². The Bertz CT molecular complexity index is 372. The van der Waals surface area contributed by atoms with E-state index in [4.69, 9.17) is 11.6 Å². The van der Waals surface area contributed by atoms with Gasteiger partial charge in [0.05, 0.1) is 9.94 Å². The molecule has 0 aliphatic heterocycles. The van der Waals surface area contributed by atoms with Gasteiger partial charge < -0.3 is 10.4 Å². The highest BCUT2D eigenvalue weighted by molar-refractivity contribution is 7.16. The fourth-order valence-corrected chi connectivity index (χ4v) is 3.66. The van der Waals surface area contributed by atoms with Gasteiger partial charge in [-0.05, 0) is 31.9 Å². The fraction of sp³-hybridized carbons (Fsp3) is 0.714. The zero-order valence-electron chi connectivity index (χ0n) is 10.9. The number of thiophene rings is 1. The molecule has 0 spiro atoms. The van der Waals surface area contributed by atoms with Gasteiger partial charge >= 0.3 is 0 Å². The zero-order valence-corrected chi connectivity index (χ0v) is 12.5. The smallest absolute Gasteiger partial charge is 0.0931 e. The second-order valence-electron chi connectivity index (χ2n) is 5.38. The molecule has 2 nitrogen and oxygen atoms in total. The van der Waals surface area contributed by atoms with Crippen molar-refractivity contribution in [2.45, 2.75) is 57.1 Å². The molecule has 1 aliphatic carbocycles. The molecule has 1 aromatic rings. The van der Waals surface area contributed by atoms with E-state index >= 15 is 0 Å². The Morgan fingerprint density at radius 3 is 2.56 bits per heavy atom. The van der Waals surface area contributed by atoms with Crippen LogP contribution in [0, 0.1) is 0 Å². The molecule has 2 rings (SSSR count). The Hall–Kier alpha value is -0.0900. The highest BCUT2D eigenvalue weighted by Gasteiger charge is 2.28.